The molecule has 1 heterocycles. The Morgan fingerprint density at radius 2 is 1.68 bits per heavy atom. The maximum absolute atomic E-state index is 12.4. The van der Waals surface area contributed by atoms with E-state index in [0.29, 0.717) is 6.61 Å². The lowest BCUT2D eigenvalue weighted by molar-refractivity contribution is -0.108. The van der Waals surface area contributed by atoms with Crippen LogP contribution in [0.25, 0.3) is 11.1 Å². The van der Waals surface area contributed by atoms with Crippen molar-refractivity contribution in [2.24, 2.45) is 0 Å². The van der Waals surface area contributed by atoms with Gasteiger partial charge in [0.25, 0.3) is 0 Å². The molecule has 4 heteroatoms. The second kappa shape index (κ2) is 6.36. The number of carbonyl (C=O) groups is 2. The van der Waals surface area contributed by atoms with E-state index >= 15 is 0 Å². The van der Waals surface area contributed by atoms with Crippen LogP contribution in [0.2, 0.25) is 0 Å². The van der Waals surface area contributed by atoms with Crippen molar-refractivity contribution in [2.75, 3.05) is 6.61 Å². The molecule has 1 aliphatic heterocycles. The van der Waals surface area contributed by atoms with Crippen LogP contribution in [0, 0.1) is 0 Å². The monoisotopic (exact) mass is 335 g/mol. The first-order valence-electron chi connectivity index (χ1n) is 8.84. The van der Waals surface area contributed by atoms with E-state index in [9.17, 15) is 9.59 Å². The molecule has 1 fully saturated rings. The van der Waals surface area contributed by atoms with Gasteiger partial charge in [0, 0.05) is 5.92 Å². The summed E-state index contributed by atoms with van der Waals surface area (Å²) in [6.07, 6.45) is 2.26. The number of rotatable bonds is 5. The Morgan fingerprint density at radius 1 is 1.08 bits per heavy atom. The summed E-state index contributed by atoms with van der Waals surface area (Å²) >= 11 is 0. The quantitative estimate of drug-likeness (QED) is 0.613. The van der Waals surface area contributed by atoms with Gasteiger partial charge in [-0.2, -0.15) is 0 Å². The lowest BCUT2D eigenvalue weighted by atomic mass is 9.98. The summed E-state index contributed by atoms with van der Waals surface area (Å²) in [4.78, 5) is 25.0. The van der Waals surface area contributed by atoms with Gasteiger partial charge in [-0.25, -0.2) is 4.79 Å². The van der Waals surface area contributed by atoms with Crippen LogP contribution in [0.4, 0.5) is 4.79 Å². The summed E-state index contributed by atoms with van der Waals surface area (Å²) in [5, 5.41) is 0. The number of ether oxygens (including phenoxy) is 1. The molecule has 0 N–H and O–H groups in total. The molecular formula is C21H21NO3. The normalized spacial score (nSPS) is 20.8. The third-order valence-corrected chi connectivity index (χ3v) is 5.25. The summed E-state index contributed by atoms with van der Waals surface area (Å²) < 4.78 is 5.60. The molecule has 2 aromatic carbocycles. The first-order chi connectivity index (χ1) is 12.3. The van der Waals surface area contributed by atoms with Crippen molar-refractivity contribution in [1.82, 2.24) is 4.90 Å². The highest BCUT2D eigenvalue weighted by Gasteiger charge is 2.51. The Balaban J connectivity index is 1.50. The van der Waals surface area contributed by atoms with Crippen LogP contribution in [0.15, 0.2) is 48.5 Å². The number of amides is 1. The Hall–Kier alpha value is -2.62. The lowest BCUT2D eigenvalue weighted by Crippen LogP contribution is -2.20. The van der Waals surface area contributed by atoms with Gasteiger partial charge in [-0.3, -0.25) is 4.90 Å². The predicted molar refractivity (Wildman–Crippen MR) is 95.5 cm³/mol. The molecule has 1 amide bonds. The number of fused-ring (bicyclic) bond motifs is 3. The largest absolute Gasteiger partial charge is 0.448 e. The first kappa shape index (κ1) is 15.9. The van der Waals surface area contributed by atoms with Crippen LogP contribution in [0.5, 0.6) is 0 Å². The van der Waals surface area contributed by atoms with Crippen LogP contribution in [0.1, 0.15) is 36.8 Å². The second-order valence-electron chi connectivity index (χ2n) is 6.69. The summed E-state index contributed by atoms with van der Waals surface area (Å²) in [6.45, 7) is 2.35. The third kappa shape index (κ3) is 2.62. The van der Waals surface area contributed by atoms with Gasteiger partial charge in [-0.05, 0) is 28.7 Å². The molecular weight excluding hydrogens is 314 g/mol. The minimum absolute atomic E-state index is 0.0122. The zero-order chi connectivity index (χ0) is 17.4. The maximum atomic E-state index is 12.4. The highest BCUT2D eigenvalue weighted by molar-refractivity contribution is 5.81. The molecule has 25 heavy (non-hydrogen) atoms. The van der Waals surface area contributed by atoms with E-state index in [2.05, 4.69) is 31.2 Å². The molecule has 2 atom stereocenters. The summed E-state index contributed by atoms with van der Waals surface area (Å²) in [5.74, 6) is 0.0515. The van der Waals surface area contributed by atoms with Crippen molar-refractivity contribution < 1.29 is 14.3 Å². The first-order valence-corrected chi connectivity index (χ1v) is 8.84. The molecule has 2 aromatic rings. The van der Waals surface area contributed by atoms with E-state index in [1.807, 2.05) is 24.3 Å². The summed E-state index contributed by atoms with van der Waals surface area (Å²) in [7, 11) is 0. The number of aldehydes is 1. The molecule has 0 radical (unpaired) electrons. The molecule has 4 nitrogen and oxygen atoms in total. The van der Waals surface area contributed by atoms with Gasteiger partial charge < -0.3 is 9.53 Å². The van der Waals surface area contributed by atoms with E-state index in [-0.39, 0.29) is 24.1 Å². The summed E-state index contributed by atoms with van der Waals surface area (Å²) in [5.41, 5.74) is 4.81. The molecule has 1 saturated heterocycles. The molecule has 0 unspecified atom stereocenters. The molecule has 0 spiro atoms. The van der Waals surface area contributed by atoms with Gasteiger partial charge in [0.2, 0.25) is 0 Å². The van der Waals surface area contributed by atoms with Crippen molar-refractivity contribution in [1.29, 1.82) is 0 Å². The molecule has 0 saturated carbocycles. The van der Waals surface area contributed by atoms with Crippen LogP contribution in [0.3, 0.4) is 0 Å². The third-order valence-electron chi connectivity index (χ3n) is 5.25. The second-order valence-corrected chi connectivity index (χ2v) is 6.69. The van der Waals surface area contributed by atoms with Crippen LogP contribution >= 0.6 is 0 Å². The minimum Gasteiger partial charge on any atom is -0.448 e. The maximum Gasteiger partial charge on any atom is 0.410 e. The Kier molecular flexibility index (Phi) is 4.04. The topological polar surface area (TPSA) is 46.4 Å². The van der Waals surface area contributed by atoms with Crippen molar-refractivity contribution in [3.05, 3.63) is 59.7 Å². The fraction of sp³-hybridized carbons (Fsp3) is 0.333. The zero-order valence-corrected chi connectivity index (χ0v) is 14.2. The highest BCUT2D eigenvalue weighted by atomic mass is 16.6. The van der Waals surface area contributed by atoms with Crippen LogP contribution in [-0.2, 0) is 9.53 Å². The average molecular weight is 335 g/mol. The Bertz CT molecular complexity index is 771. The average Bonchev–Trinajstić information content (AvgIpc) is 3.26. The van der Waals surface area contributed by atoms with Crippen molar-refractivity contribution in [3.63, 3.8) is 0 Å². The number of carbonyl (C=O) groups excluding carboxylic acids is 2. The van der Waals surface area contributed by atoms with Crippen molar-refractivity contribution in [2.45, 2.75) is 37.8 Å². The number of hydrogen-bond donors (Lipinski definition) is 0. The molecule has 2 aliphatic rings. The van der Waals surface area contributed by atoms with Crippen molar-refractivity contribution in [3.8, 4) is 11.1 Å². The standard InChI is InChI=1S/C21H21NO3/c1-2-7-19-20(12-23)22(19)21(24)25-13-18-16-10-5-3-8-14(16)15-9-4-6-11-17(15)18/h3-6,8-12,18-20H,2,7,13H2,1H3/t19-,20-,22?/m1/s1. The minimum atomic E-state index is -0.377. The number of nitrogens with zero attached hydrogens (tertiary/aromatic N) is 1. The van der Waals surface area contributed by atoms with Gasteiger partial charge in [0.05, 0.1) is 6.04 Å². The van der Waals surface area contributed by atoms with Gasteiger partial charge in [-0.15, -0.1) is 0 Å². The zero-order valence-electron chi connectivity index (χ0n) is 14.2. The molecule has 0 bridgehead atoms. The Morgan fingerprint density at radius 3 is 2.24 bits per heavy atom. The van der Waals surface area contributed by atoms with Gasteiger partial charge in [-0.1, -0.05) is 61.9 Å². The molecule has 1 aliphatic carbocycles. The fourth-order valence-corrected chi connectivity index (χ4v) is 3.99. The molecule has 0 aromatic heterocycles. The smallest absolute Gasteiger partial charge is 0.410 e. The van der Waals surface area contributed by atoms with Crippen LogP contribution < -0.4 is 0 Å². The van der Waals surface area contributed by atoms with Gasteiger partial charge >= 0.3 is 6.09 Å². The van der Waals surface area contributed by atoms with Gasteiger partial charge in [0.15, 0.2) is 0 Å². The van der Waals surface area contributed by atoms with E-state index in [1.165, 1.54) is 22.3 Å². The van der Waals surface area contributed by atoms with E-state index < -0.39 is 0 Å². The lowest BCUT2D eigenvalue weighted by Gasteiger charge is -2.14. The van der Waals surface area contributed by atoms with E-state index in [4.69, 9.17) is 4.74 Å². The van der Waals surface area contributed by atoms with Gasteiger partial charge in [0.1, 0.15) is 18.9 Å². The number of hydrogen-bond acceptors (Lipinski definition) is 3. The Labute approximate surface area is 147 Å². The molecule has 128 valence electrons. The SMILES string of the molecule is CCC[C@@H]1[C@@H](C=O)N1C(=O)OCC1c2ccccc2-c2ccccc21. The highest BCUT2D eigenvalue weighted by Crippen LogP contribution is 2.44. The van der Waals surface area contributed by atoms with E-state index in [1.54, 1.807) is 4.90 Å². The van der Waals surface area contributed by atoms with Crippen LogP contribution in [-0.4, -0.2) is 36.0 Å². The van der Waals surface area contributed by atoms with Crippen molar-refractivity contribution >= 4 is 12.4 Å². The molecule has 4 rings (SSSR count). The summed E-state index contributed by atoms with van der Waals surface area (Å²) in [6, 6.07) is 16.2. The van der Waals surface area contributed by atoms with E-state index in [0.717, 1.165) is 19.1 Å². The predicted octanol–water partition coefficient (Wildman–Crippen LogP) is 3.99. The number of benzene rings is 2. The fourth-order valence-electron chi connectivity index (χ4n) is 3.99.